The highest BCUT2D eigenvalue weighted by molar-refractivity contribution is 9.10. The number of anilines is 2. The predicted octanol–water partition coefficient (Wildman–Crippen LogP) is 4.94. The molecule has 11 nitrogen and oxygen atoms in total. The normalized spacial score (nSPS) is 10.6. The number of carbonyl (C=O) groups excluding carboxylic acids is 2. The Bertz CT molecular complexity index is 1430. The van der Waals surface area contributed by atoms with Gasteiger partial charge in [0, 0.05) is 23.5 Å². The van der Waals surface area contributed by atoms with Gasteiger partial charge in [0.1, 0.15) is 17.4 Å². The van der Waals surface area contributed by atoms with Crippen molar-refractivity contribution in [3.8, 4) is 23.3 Å². The second-order valence-corrected chi connectivity index (χ2v) is 8.39. The molecule has 0 aliphatic rings. The van der Waals surface area contributed by atoms with E-state index in [4.69, 9.17) is 14.2 Å². The summed E-state index contributed by atoms with van der Waals surface area (Å²) in [4.78, 5) is 35.3. The molecule has 0 radical (unpaired) electrons. The van der Waals surface area contributed by atoms with Gasteiger partial charge < -0.3 is 24.8 Å². The fourth-order valence-electron chi connectivity index (χ4n) is 3.18. The average Bonchev–Trinajstić information content (AvgIpc) is 2.91. The smallest absolute Gasteiger partial charge is 0.271 e. The van der Waals surface area contributed by atoms with Crippen LogP contribution in [0.5, 0.6) is 17.2 Å². The number of hydrogen-bond acceptors (Lipinski definition) is 8. The van der Waals surface area contributed by atoms with Gasteiger partial charge in [-0.15, -0.1) is 0 Å². The molecule has 0 aliphatic heterocycles. The van der Waals surface area contributed by atoms with E-state index in [2.05, 4.69) is 26.6 Å². The number of halogens is 1. The van der Waals surface area contributed by atoms with Crippen LogP contribution in [0.3, 0.4) is 0 Å². The van der Waals surface area contributed by atoms with Gasteiger partial charge in [-0.25, -0.2) is 0 Å². The largest absolute Gasteiger partial charge is 0.497 e. The Morgan fingerprint density at radius 1 is 1.05 bits per heavy atom. The maximum Gasteiger partial charge on any atom is 0.271 e. The summed E-state index contributed by atoms with van der Waals surface area (Å²) in [7, 11) is 2.95. The third-order valence-electron chi connectivity index (χ3n) is 4.96. The summed E-state index contributed by atoms with van der Waals surface area (Å²) in [5, 5.41) is 25.6. The first-order valence-electron chi connectivity index (χ1n) is 10.9. The van der Waals surface area contributed by atoms with Crippen molar-refractivity contribution in [2.45, 2.75) is 0 Å². The minimum Gasteiger partial charge on any atom is -0.497 e. The number of nitrogens with one attached hydrogen (secondary N) is 2. The summed E-state index contributed by atoms with van der Waals surface area (Å²) in [6, 6.07) is 17.1. The van der Waals surface area contributed by atoms with Crippen LogP contribution < -0.4 is 24.8 Å². The lowest BCUT2D eigenvalue weighted by Gasteiger charge is -2.14. The summed E-state index contributed by atoms with van der Waals surface area (Å²) < 4.78 is 16.5. The highest BCUT2D eigenvalue weighted by Crippen LogP contribution is 2.37. The molecule has 3 aromatic rings. The number of nitriles is 1. The minimum absolute atomic E-state index is 0.167. The van der Waals surface area contributed by atoms with Crippen LogP contribution in [0.4, 0.5) is 17.1 Å². The van der Waals surface area contributed by atoms with Gasteiger partial charge in [-0.2, -0.15) is 5.26 Å². The van der Waals surface area contributed by atoms with E-state index in [1.807, 2.05) is 6.07 Å². The number of carbonyl (C=O) groups is 2. The molecule has 3 rings (SSSR count). The zero-order chi connectivity index (χ0) is 27.7. The molecule has 12 heteroatoms. The van der Waals surface area contributed by atoms with Crippen molar-refractivity contribution < 1.29 is 28.7 Å². The van der Waals surface area contributed by atoms with E-state index in [0.29, 0.717) is 21.5 Å². The number of benzene rings is 3. The standard InChI is InChI=1S/C26H21BrN4O7/c1-36-21-8-6-18(7-9-21)29-24(32)15-38-25-22(27)11-16(12-23(25)37-2)10-17(14-28)26(33)30-19-4-3-5-20(13-19)31(34)35/h3-13H,15H2,1-2H3,(H,29,32)(H,30,33)/b17-10-. The van der Waals surface area contributed by atoms with Gasteiger partial charge in [0.05, 0.1) is 23.6 Å². The molecule has 2 amide bonds. The molecular weight excluding hydrogens is 560 g/mol. The molecule has 0 saturated carbocycles. The maximum absolute atomic E-state index is 12.6. The van der Waals surface area contributed by atoms with E-state index in [9.17, 15) is 25.0 Å². The van der Waals surface area contributed by atoms with Crippen molar-refractivity contribution in [1.29, 1.82) is 5.26 Å². The van der Waals surface area contributed by atoms with Crippen LogP contribution in [0.15, 0.2) is 70.7 Å². The molecule has 194 valence electrons. The van der Waals surface area contributed by atoms with Crippen LogP contribution in [0.1, 0.15) is 5.56 Å². The fourth-order valence-corrected chi connectivity index (χ4v) is 3.76. The highest BCUT2D eigenvalue weighted by Gasteiger charge is 2.16. The summed E-state index contributed by atoms with van der Waals surface area (Å²) in [5.74, 6) is -0.00670. The fraction of sp³-hybridized carbons (Fsp3) is 0.115. The first-order valence-corrected chi connectivity index (χ1v) is 11.6. The van der Waals surface area contributed by atoms with Crippen molar-refractivity contribution in [2.75, 3.05) is 31.5 Å². The Morgan fingerprint density at radius 2 is 1.79 bits per heavy atom. The van der Waals surface area contributed by atoms with Gasteiger partial charge >= 0.3 is 0 Å². The lowest BCUT2D eigenvalue weighted by Crippen LogP contribution is -2.20. The topological polar surface area (TPSA) is 153 Å². The van der Waals surface area contributed by atoms with Gasteiger partial charge in [-0.05, 0) is 70.0 Å². The zero-order valence-electron chi connectivity index (χ0n) is 20.2. The Morgan fingerprint density at radius 3 is 2.42 bits per heavy atom. The van der Waals surface area contributed by atoms with Gasteiger partial charge in [0.25, 0.3) is 17.5 Å². The number of nitro benzene ring substituents is 1. The van der Waals surface area contributed by atoms with Crippen molar-refractivity contribution >= 4 is 50.9 Å². The number of methoxy groups -OCH3 is 2. The van der Waals surface area contributed by atoms with Crippen LogP contribution in [-0.2, 0) is 9.59 Å². The molecule has 2 N–H and O–H groups in total. The van der Waals surface area contributed by atoms with Crippen molar-refractivity contribution in [3.63, 3.8) is 0 Å². The molecule has 0 bridgehead atoms. The van der Waals surface area contributed by atoms with Crippen molar-refractivity contribution in [1.82, 2.24) is 0 Å². The van der Waals surface area contributed by atoms with Crippen molar-refractivity contribution in [2.24, 2.45) is 0 Å². The van der Waals surface area contributed by atoms with Crippen LogP contribution in [0.25, 0.3) is 6.08 Å². The van der Waals surface area contributed by atoms with Gasteiger partial charge in [0.2, 0.25) is 0 Å². The number of amides is 2. The summed E-state index contributed by atoms with van der Waals surface area (Å²) in [6.45, 7) is -0.314. The molecule has 0 atom stereocenters. The molecule has 0 fully saturated rings. The third-order valence-corrected chi connectivity index (χ3v) is 5.55. The second kappa shape index (κ2) is 12.9. The molecule has 0 heterocycles. The van der Waals surface area contributed by atoms with E-state index in [0.717, 1.165) is 0 Å². The predicted molar refractivity (Wildman–Crippen MR) is 143 cm³/mol. The Balaban J connectivity index is 1.72. The van der Waals surface area contributed by atoms with Gasteiger partial charge in [0.15, 0.2) is 18.1 Å². The number of hydrogen-bond donors (Lipinski definition) is 2. The molecule has 0 spiro atoms. The quantitative estimate of drug-likeness (QED) is 0.148. The first-order chi connectivity index (χ1) is 18.2. The number of rotatable bonds is 10. The number of non-ortho nitro benzene ring substituents is 1. The third kappa shape index (κ3) is 7.31. The Labute approximate surface area is 225 Å². The second-order valence-electron chi connectivity index (χ2n) is 7.53. The first kappa shape index (κ1) is 27.7. The Hall–Kier alpha value is -4.89. The SMILES string of the molecule is COc1ccc(NC(=O)COc2c(Br)cc(/C=C(/C#N)C(=O)Nc3cccc([N+](=O)[O-])c3)cc2OC)cc1. The van der Waals surface area contributed by atoms with E-state index in [1.165, 1.54) is 43.5 Å². The van der Waals surface area contributed by atoms with Crippen LogP contribution >= 0.6 is 15.9 Å². The lowest BCUT2D eigenvalue weighted by molar-refractivity contribution is -0.384. The minimum atomic E-state index is -0.751. The van der Waals surface area contributed by atoms with Crippen LogP contribution in [0.2, 0.25) is 0 Å². The van der Waals surface area contributed by atoms with Crippen LogP contribution in [-0.4, -0.2) is 37.6 Å². The van der Waals surface area contributed by atoms with E-state index < -0.39 is 16.7 Å². The average molecular weight is 581 g/mol. The highest BCUT2D eigenvalue weighted by atomic mass is 79.9. The molecule has 0 unspecified atom stereocenters. The maximum atomic E-state index is 12.6. The summed E-state index contributed by atoms with van der Waals surface area (Å²) in [5.41, 5.74) is 0.707. The van der Waals surface area contributed by atoms with Gasteiger partial charge in [-0.1, -0.05) is 6.07 Å². The summed E-state index contributed by atoms with van der Waals surface area (Å²) >= 11 is 3.37. The lowest BCUT2D eigenvalue weighted by atomic mass is 10.1. The molecule has 3 aromatic carbocycles. The number of nitro groups is 1. The van der Waals surface area contributed by atoms with E-state index in [1.54, 1.807) is 37.4 Å². The van der Waals surface area contributed by atoms with E-state index >= 15 is 0 Å². The monoisotopic (exact) mass is 580 g/mol. The number of ether oxygens (including phenoxy) is 3. The van der Waals surface area contributed by atoms with Gasteiger partial charge in [-0.3, -0.25) is 19.7 Å². The van der Waals surface area contributed by atoms with Crippen LogP contribution in [0, 0.1) is 21.4 Å². The molecule has 0 aromatic heterocycles. The Kier molecular flexibility index (Phi) is 9.39. The molecule has 0 aliphatic carbocycles. The zero-order valence-corrected chi connectivity index (χ0v) is 21.8. The molecular formula is C26H21BrN4O7. The number of nitrogens with zero attached hydrogens (tertiary/aromatic N) is 2. The summed E-state index contributed by atoms with van der Waals surface area (Å²) in [6.07, 6.45) is 1.32. The molecule has 38 heavy (non-hydrogen) atoms. The molecule has 0 saturated heterocycles. The van der Waals surface area contributed by atoms with E-state index in [-0.39, 0.29) is 35.1 Å². The van der Waals surface area contributed by atoms with Crippen molar-refractivity contribution in [3.05, 3.63) is 86.4 Å².